The van der Waals surface area contributed by atoms with E-state index >= 15 is 0 Å². The highest BCUT2D eigenvalue weighted by Crippen LogP contribution is 2.24. The van der Waals surface area contributed by atoms with Crippen LogP contribution in [-0.4, -0.2) is 12.0 Å². The number of carbonyl (C=O) groups is 1. The molecule has 2 aromatic rings. The van der Waals surface area contributed by atoms with Crippen molar-refractivity contribution in [2.45, 2.75) is 39.8 Å². The van der Waals surface area contributed by atoms with Crippen LogP contribution in [0.4, 0.5) is 0 Å². The number of carbonyl (C=O) groups excluding carboxylic acids is 1. The first-order chi connectivity index (χ1) is 10.9. The zero-order valence-electron chi connectivity index (χ0n) is 13.9. The average molecular weight is 332 g/mol. The van der Waals surface area contributed by atoms with E-state index < -0.39 is 6.10 Å². The Kier molecular flexibility index (Phi) is 5.67. The van der Waals surface area contributed by atoms with Gasteiger partial charge in [-0.15, -0.1) is 0 Å². The number of hydrogen-bond acceptors (Lipinski definition) is 2. The lowest BCUT2D eigenvalue weighted by molar-refractivity contribution is -0.127. The van der Waals surface area contributed by atoms with Gasteiger partial charge in [0.25, 0.3) is 5.91 Å². The number of halogens is 1. The van der Waals surface area contributed by atoms with E-state index in [0.29, 0.717) is 10.8 Å². The fourth-order valence-electron chi connectivity index (χ4n) is 2.42. The van der Waals surface area contributed by atoms with Crippen molar-refractivity contribution in [3.05, 3.63) is 64.2 Å². The van der Waals surface area contributed by atoms with Gasteiger partial charge in [-0.25, -0.2) is 0 Å². The van der Waals surface area contributed by atoms with Gasteiger partial charge in [-0.3, -0.25) is 4.79 Å². The number of hydrogen-bond donors (Lipinski definition) is 1. The average Bonchev–Trinajstić information content (AvgIpc) is 2.51. The lowest BCUT2D eigenvalue weighted by Gasteiger charge is -2.21. The van der Waals surface area contributed by atoms with Crippen LogP contribution in [0.25, 0.3) is 0 Å². The normalized spacial score (nSPS) is 13.3. The maximum atomic E-state index is 12.4. The van der Waals surface area contributed by atoms with Crippen molar-refractivity contribution in [3.8, 4) is 5.75 Å². The molecule has 1 N–H and O–H groups in total. The molecule has 2 atom stereocenters. The summed E-state index contributed by atoms with van der Waals surface area (Å²) >= 11 is 6.06. The van der Waals surface area contributed by atoms with E-state index in [1.165, 1.54) is 5.56 Å². The van der Waals surface area contributed by atoms with Crippen molar-refractivity contribution in [2.75, 3.05) is 0 Å². The minimum absolute atomic E-state index is 0.0836. The molecule has 3 nitrogen and oxygen atoms in total. The van der Waals surface area contributed by atoms with Gasteiger partial charge in [-0.05, 0) is 51.0 Å². The second-order valence-electron chi connectivity index (χ2n) is 5.78. The van der Waals surface area contributed by atoms with Gasteiger partial charge in [0.05, 0.1) is 11.1 Å². The lowest BCUT2D eigenvalue weighted by atomic mass is 10.00. The van der Waals surface area contributed by atoms with Crippen molar-refractivity contribution < 1.29 is 9.53 Å². The molecule has 0 fully saturated rings. The molecule has 0 bridgehead atoms. The van der Waals surface area contributed by atoms with Crippen molar-refractivity contribution in [1.82, 2.24) is 5.32 Å². The summed E-state index contributed by atoms with van der Waals surface area (Å²) in [6.45, 7) is 7.78. The third kappa shape index (κ3) is 4.49. The van der Waals surface area contributed by atoms with Gasteiger partial charge < -0.3 is 10.1 Å². The van der Waals surface area contributed by atoms with E-state index in [1.54, 1.807) is 19.1 Å². The monoisotopic (exact) mass is 331 g/mol. The number of ether oxygens (including phenoxy) is 1. The maximum absolute atomic E-state index is 12.4. The minimum Gasteiger partial charge on any atom is -0.479 e. The van der Waals surface area contributed by atoms with E-state index in [-0.39, 0.29) is 11.9 Å². The van der Waals surface area contributed by atoms with Gasteiger partial charge in [0.1, 0.15) is 5.75 Å². The summed E-state index contributed by atoms with van der Waals surface area (Å²) < 4.78 is 5.65. The van der Waals surface area contributed by atoms with Crippen molar-refractivity contribution in [2.24, 2.45) is 0 Å². The van der Waals surface area contributed by atoms with Crippen LogP contribution in [0.5, 0.6) is 5.75 Å². The smallest absolute Gasteiger partial charge is 0.261 e. The van der Waals surface area contributed by atoms with Crippen molar-refractivity contribution in [3.63, 3.8) is 0 Å². The first kappa shape index (κ1) is 17.4. The fraction of sp³-hybridized carbons (Fsp3) is 0.316. The minimum atomic E-state index is -0.623. The largest absolute Gasteiger partial charge is 0.479 e. The highest BCUT2D eigenvalue weighted by atomic mass is 35.5. The van der Waals surface area contributed by atoms with Gasteiger partial charge in [-0.2, -0.15) is 0 Å². The molecule has 0 radical (unpaired) electrons. The summed E-state index contributed by atoms with van der Waals surface area (Å²) in [5.41, 5.74) is 3.44. The summed E-state index contributed by atoms with van der Waals surface area (Å²) in [7, 11) is 0. The third-order valence-corrected chi connectivity index (χ3v) is 4.08. The first-order valence-corrected chi connectivity index (χ1v) is 8.05. The summed E-state index contributed by atoms with van der Waals surface area (Å²) in [6, 6.07) is 13.3. The van der Waals surface area contributed by atoms with Crippen LogP contribution >= 0.6 is 11.6 Å². The fourth-order valence-corrected chi connectivity index (χ4v) is 2.60. The Hall–Kier alpha value is -2.00. The number of aryl methyl sites for hydroxylation is 2. The molecule has 4 heteroatoms. The van der Waals surface area contributed by atoms with Crippen LogP contribution in [0.15, 0.2) is 42.5 Å². The Morgan fingerprint density at radius 1 is 1.13 bits per heavy atom. The molecule has 0 saturated heterocycles. The molecule has 0 aliphatic rings. The van der Waals surface area contributed by atoms with Gasteiger partial charge in [0.2, 0.25) is 0 Å². The Morgan fingerprint density at radius 3 is 2.52 bits per heavy atom. The molecule has 23 heavy (non-hydrogen) atoms. The quantitative estimate of drug-likeness (QED) is 0.869. The summed E-state index contributed by atoms with van der Waals surface area (Å²) in [5, 5.41) is 3.49. The Balaban J connectivity index is 2.03. The molecular formula is C19H22ClNO2. The molecule has 0 aliphatic carbocycles. The summed E-state index contributed by atoms with van der Waals surface area (Å²) in [4.78, 5) is 12.4. The van der Waals surface area contributed by atoms with Crippen LogP contribution in [0.2, 0.25) is 5.02 Å². The highest BCUT2D eigenvalue weighted by molar-refractivity contribution is 6.32. The van der Waals surface area contributed by atoms with Gasteiger partial charge >= 0.3 is 0 Å². The number of rotatable bonds is 5. The van der Waals surface area contributed by atoms with E-state index in [0.717, 1.165) is 11.1 Å². The standard InChI is InChI=1S/C19H22ClNO2/c1-12-9-10-13(2)16(11-12)14(3)21-19(22)15(4)23-18-8-6-5-7-17(18)20/h5-11,14-15H,1-4H3,(H,21,22)/t14-,15-/m0/s1. The SMILES string of the molecule is Cc1ccc(C)c([C@H](C)NC(=O)[C@H](C)Oc2ccccc2Cl)c1. The second-order valence-corrected chi connectivity index (χ2v) is 6.19. The van der Waals surface area contributed by atoms with Gasteiger partial charge in [-0.1, -0.05) is 47.5 Å². The molecule has 1 amide bonds. The number of nitrogens with one attached hydrogen (secondary N) is 1. The van der Waals surface area contributed by atoms with Crippen LogP contribution in [0.1, 0.15) is 36.6 Å². The van der Waals surface area contributed by atoms with E-state index in [9.17, 15) is 4.79 Å². The molecule has 122 valence electrons. The molecule has 0 aromatic heterocycles. The number of para-hydroxylation sites is 1. The predicted octanol–water partition coefficient (Wildman–Crippen LogP) is 4.60. The second kappa shape index (κ2) is 7.51. The summed E-state index contributed by atoms with van der Waals surface area (Å²) in [6.07, 6.45) is -0.623. The van der Waals surface area contributed by atoms with Crippen molar-refractivity contribution >= 4 is 17.5 Å². The Morgan fingerprint density at radius 2 is 1.83 bits per heavy atom. The van der Waals surface area contributed by atoms with Crippen LogP contribution in [0, 0.1) is 13.8 Å². The predicted molar refractivity (Wildman–Crippen MR) is 94.0 cm³/mol. The zero-order chi connectivity index (χ0) is 17.0. The molecule has 0 saturated carbocycles. The molecule has 0 unspecified atom stereocenters. The maximum Gasteiger partial charge on any atom is 0.261 e. The third-order valence-electron chi connectivity index (χ3n) is 3.77. The number of benzene rings is 2. The topological polar surface area (TPSA) is 38.3 Å². The summed E-state index contributed by atoms with van der Waals surface area (Å²) in [5.74, 6) is 0.342. The molecule has 0 heterocycles. The van der Waals surface area contributed by atoms with Gasteiger partial charge in [0, 0.05) is 0 Å². The van der Waals surface area contributed by atoms with E-state index in [2.05, 4.69) is 23.5 Å². The molecule has 0 aliphatic heterocycles. The Labute approximate surface area is 142 Å². The zero-order valence-corrected chi connectivity index (χ0v) is 14.6. The Bertz CT molecular complexity index is 700. The number of amides is 1. The van der Waals surface area contributed by atoms with Crippen LogP contribution in [0.3, 0.4) is 0 Å². The van der Waals surface area contributed by atoms with Gasteiger partial charge in [0.15, 0.2) is 6.10 Å². The molecule has 0 spiro atoms. The highest BCUT2D eigenvalue weighted by Gasteiger charge is 2.19. The molecular weight excluding hydrogens is 310 g/mol. The van der Waals surface area contributed by atoms with E-state index in [4.69, 9.17) is 16.3 Å². The van der Waals surface area contributed by atoms with Crippen molar-refractivity contribution in [1.29, 1.82) is 0 Å². The molecule has 2 aromatic carbocycles. The first-order valence-electron chi connectivity index (χ1n) is 7.67. The van der Waals surface area contributed by atoms with E-state index in [1.807, 2.05) is 32.9 Å². The van der Waals surface area contributed by atoms with Crippen LogP contribution in [-0.2, 0) is 4.79 Å². The van der Waals surface area contributed by atoms with Crippen LogP contribution < -0.4 is 10.1 Å². The lowest BCUT2D eigenvalue weighted by Crippen LogP contribution is -2.38. The molecule has 2 rings (SSSR count).